The molecule has 1 aliphatic heterocycles. The van der Waals surface area contributed by atoms with Crippen LogP contribution < -0.4 is 10.5 Å². The van der Waals surface area contributed by atoms with Crippen molar-refractivity contribution in [2.75, 3.05) is 20.1 Å². The predicted octanol–water partition coefficient (Wildman–Crippen LogP) is 1.79. The maximum absolute atomic E-state index is 5.94. The molecule has 1 aromatic carbocycles. The van der Waals surface area contributed by atoms with Gasteiger partial charge < -0.3 is 15.4 Å². The van der Waals surface area contributed by atoms with Crippen molar-refractivity contribution in [2.45, 2.75) is 25.5 Å². The van der Waals surface area contributed by atoms with Crippen molar-refractivity contribution in [3.05, 3.63) is 29.8 Å². The number of likely N-dealkylation sites (tertiary alicyclic amines) is 1. The summed E-state index contributed by atoms with van der Waals surface area (Å²) in [5.41, 5.74) is 6.98. The summed E-state index contributed by atoms with van der Waals surface area (Å²) in [6, 6.07) is 8.16. The van der Waals surface area contributed by atoms with Crippen LogP contribution in [0.4, 0.5) is 0 Å². The third kappa shape index (κ3) is 2.74. The van der Waals surface area contributed by atoms with E-state index in [9.17, 15) is 0 Å². The molecule has 0 bridgehead atoms. The zero-order valence-corrected chi connectivity index (χ0v) is 10.0. The van der Waals surface area contributed by atoms with Crippen LogP contribution in [0.15, 0.2) is 24.3 Å². The van der Waals surface area contributed by atoms with Crippen LogP contribution in [0.2, 0.25) is 0 Å². The third-order valence-electron chi connectivity index (χ3n) is 3.03. The Morgan fingerprint density at radius 3 is 2.94 bits per heavy atom. The molecule has 0 aliphatic carbocycles. The molecule has 1 aromatic rings. The lowest BCUT2D eigenvalue weighted by molar-refractivity contribution is 0.208. The van der Waals surface area contributed by atoms with Gasteiger partial charge in [-0.1, -0.05) is 12.1 Å². The van der Waals surface area contributed by atoms with Gasteiger partial charge >= 0.3 is 0 Å². The van der Waals surface area contributed by atoms with Gasteiger partial charge in [0.05, 0.1) is 0 Å². The Labute approximate surface area is 97.2 Å². The zero-order chi connectivity index (χ0) is 11.5. The Hall–Kier alpha value is -1.06. The third-order valence-corrected chi connectivity index (χ3v) is 3.03. The molecule has 2 atom stereocenters. The van der Waals surface area contributed by atoms with Crippen LogP contribution in [-0.4, -0.2) is 31.1 Å². The van der Waals surface area contributed by atoms with Crippen LogP contribution in [-0.2, 0) is 0 Å². The maximum Gasteiger partial charge on any atom is 0.120 e. The summed E-state index contributed by atoms with van der Waals surface area (Å²) < 4.78 is 5.94. The van der Waals surface area contributed by atoms with Crippen LogP contribution in [0.1, 0.15) is 24.9 Å². The molecule has 2 unspecified atom stereocenters. The normalized spacial score (nSPS) is 23.3. The van der Waals surface area contributed by atoms with Crippen LogP contribution in [0.3, 0.4) is 0 Å². The van der Waals surface area contributed by atoms with Crippen molar-refractivity contribution >= 4 is 0 Å². The largest absolute Gasteiger partial charge is 0.489 e. The van der Waals surface area contributed by atoms with Crippen molar-refractivity contribution in [3.63, 3.8) is 0 Å². The van der Waals surface area contributed by atoms with Crippen molar-refractivity contribution in [1.29, 1.82) is 0 Å². The van der Waals surface area contributed by atoms with E-state index in [1.165, 1.54) is 0 Å². The first-order valence-electron chi connectivity index (χ1n) is 5.86. The van der Waals surface area contributed by atoms with Gasteiger partial charge in [-0.3, -0.25) is 0 Å². The molecule has 2 N–H and O–H groups in total. The fraction of sp³-hybridized carbons (Fsp3) is 0.538. The first-order valence-corrected chi connectivity index (χ1v) is 5.86. The van der Waals surface area contributed by atoms with E-state index in [1.54, 1.807) is 0 Å². The highest BCUT2D eigenvalue weighted by molar-refractivity contribution is 5.30. The molecule has 1 heterocycles. The fourth-order valence-corrected chi connectivity index (χ4v) is 2.05. The molecule has 88 valence electrons. The highest BCUT2D eigenvalue weighted by atomic mass is 16.5. The van der Waals surface area contributed by atoms with Crippen LogP contribution >= 0.6 is 0 Å². The molecule has 1 aliphatic rings. The second kappa shape index (κ2) is 4.85. The molecule has 0 aromatic heterocycles. The summed E-state index contributed by atoms with van der Waals surface area (Å²) in [5.74, 6) is 0.940. The summed E-state index contributed by atoms with van der Waals surface area (Å²) >= 11 is 0. The smallest absolute Gasteiger partial charge is 0.120 e. The number of benzene rings is 1. The summed E-state index contributed by atoms with van der Waals surface area (Å²) in [6.45, 7) is 4.13. The van der Waals surface area contributed by atoms with Crippen molar-refractivity contribution in [2.24, 2.45) is 5.73 Å². The van der Waals surface area contributed by atoms with Crippen molar-refractivity contribution in [3.8, 4) is 5.75 Å². The summed E-state index contributed by atoms with van der Waals surface area (Å²) in [7, 11) is 2.13. The van der Waals surface area contributed by atoms with Gasteiger partial charge in [0.2, 0.25) is 0 Å². The van der Waals surface area contributed by atoms with Crippen molar-refractivity contribution in [1.82, 2.24) is 4.90 Å². The highest BCUT2D eigenvalue weighted by Gasteiger charge is 2.20. The highest BCUT2D eigenvalue weighted by Crippen LogP contribution is 2.21. The topological polar surface area (TPSA) is 38.5 Å². The van der Waals surface area contributed by atoms with E-state index < -0.39 is 0 Å². The van der Waals surface area contributed by atoms with Gasteiger partial charge in [-0.2, -0.15) is 0 Å². The van der Waals surface area contributed by atoms with E-state index in [2.05, 4.69) is 11.9 Å². The van der Waals surface area contributed by atoms with E-state index in [-0.39, 0.29) is 6.04 Å². The lowest BCUT2D eigenvalue weighted by atomic mass is 10.1. The molecule has 0 saturated carbocycles. The Morgan fingerprint density at radius 2 is 2.31 bits per heavy atom. The van der Waals surface area contributed by atoms with E-state index in [1.807, 2.05) is 31.2 Å². The molecule has 3 nitrogen and oxygen atoms in total. The Morgan fingerprint density at radius 1 is 1.50 bits per heavy atom. The van der Waals surface area contributed by atoms with E-state index in [0.717, 1.165) is 30.8 Å². The quantitative estimate of drug-likeness (QED) is 0.844. The van der Waals surface area contributed by atoms with E-state index >= 15 is 0 Å². The van der Waals surface area contributed by atoms with Crippen LogP contribution in [0, 0.1) is 0 Å². The Balaban J connectivity index is 2.01. The monoisotopic (exact) mass is 220 g/mol. The average Bonchev–Trinajstić information content (AvgIpc) is 2.64. The van der Waals surface area contributed by atoms with E-state index in [0.29, 0.717) is 6.10 Å². The standard InChI is InChI=1S/C13H20N2O/c1-10(14)11-4-3-5-12(8-11)16-13-6-7-15(2)9-13/h3-5,8,10,13H,6-7,9,14H2,1-2H3. The Kier molecular flexibility index (Phi) is 3.46. The lowest BCUT2D eigenvalue weighted by Crippen LogP contribution is -2.21. The van der Waals surface area contributed by atoms with Gasteiger partial charge in [0.1, 0.15) is 11.9 Å². The van der Waals surface area contributed by atoms with Crippen LogP contribution in [0.5, 0.6) is 5.75 Å². The molecule has 0 radical (unpaired) electrons. The fourth-order valence-electron chi connectivity index (χ4n) is 2.05. The van der Waals surface area contributed by atoms with Gasteiger partial charge in [0.25, 0.3) is 0 Å². The molecular weight excluding hydrogens is 200 g/mol. The minimum Gasteiger partial charge on any atom is -0.489 e. The SMILES string of the molecule is CC(N)c1cccc(OC2CCN(C)C2)c1. The first kappa shape index (κ1) is 11.4. The number of hydrogen-bond donors (Lipinski definition) is 1. The maximum atomic E-state index is 5.94. The van der Waals surface area contributed by atoms with Crippen LogP contribution in [0.25, 0.3) is 0 Å². The second-order valence-electron chi connectivity index (χ2n) is 4.65. The number of nitrogens with zero attached hydrogens (tertiary/aromatic N) is 1. The molecule has 16 heavy (non-hydrogen) atoms. The molecule has 3 heteroatoms. The molecule has 2 rings (SSSR count). The minimum absolute atomic E-state index is 0.0646. The number of likely N-dealkylation sites (N-methyl/N-ethyl adjacent to an activating group) is 1. The van der Waals surface area contributed by atoms with E-state index in [4.69, 9.17) is 10.5 Å². The number of ether oxygens (including phenoxy) is 1. The number of rotatable bonds is 3. The summed E-state index contributed by atoms with van der Waals surface area (Å²) in [4.78, 5) is 2.29. The van der Waals surface area contributed by atoms with Gasteiger partial charge in [-0.25, -0.2) is 0 Å². The molecule has 1 saturated heterocycles. The molecule has 1 fully saturated rings. The Bertz CT molecular complexity index is 352. The lowest BCUT2D eigenvalue weighted by Gasteiger charge is -2.15. The molecular formula is C13H20N2O. The summed E-state index contributed by atoms with van der Waals surface area (Å²) in [6.07, 6.45) is 1.44. The van der Waals surface area contributed by atoms with Crippen molar-refractivity contribution < 1.29 is 4.74 Å². The molecule has 0 spiro atoms. The second-order valence-corrected chi connectivity index (χ2v) is 4.65. The predicted molar refractivity (Wildman–Crippen MR) is 65.6 cm³/mol. The average molecular weight is 220 g/mol. The zero-order valence-electron chi connectivity index (χ0n) is 10.0. The summed E-state index contributed by atoms with van der Waals surface area (Å²) in [5, 5.41) is 0. The van der Waals surface area contributed by atoms with Gasteiger partial charge in [0, 0.05) is 19.1 Å². The number of nitrogens with two attached hydrogens (primary N) is 1. The molecule has 0 amide bonds. The van der Waals surface area contributed by atoms with Gasteiger partial charge in [-0.05, 0) is 38.1 Å². The first-order chi connectivity index (χ1) is 7.65. The number of hydrogen-bond acceptors (Lipinski definition) is 3. The van der Waals surface area contributed by atoms with Gasteiger partial charge in [0.15, 0.2) is 0 Å². The van der Waals surface area contributed by atoms with Gasteiger partial charge in [-0.15, -0.1) is 0 Å². The minimum atomic E-state index is 0.0646.